The molecule has 1 fully saturated rings. The van der Waals surface area contributed by atoms with Crippen molar-refractivity contribution in [2.24, 2.45) is 0 Å². The number of benzene rings is 2. The number of aromatic hydroxyl groups is 1. The zero-order valence-electron chi connectivity index (χ0n) is 19.7. The number of aliphatic hydroxyl groups is 1. The van der Waals surface area contributed by atoms with Gasteiger partial charge in [-0.15, -0.1) is 11.3 Å². The van der Waals surface area contributed by atoms with Gasteiger partial charge in [-0.05, 0) is 59.7 Å². The highest BCUT2D eigenvalue weighted by molar-refractivity contribution is 7.10. The Balaban J connectivity index is 1.96. The predicted octanol–water partition coefficient (Wildman–Crippen LogP) is 5.69. The molecule has 0 radical (unpaired) electrons. The van der Waals surface area contributed by atoms with Crippen LogP contribution < -0.4 is 9.64 Å². The number of carbonyl (C=O) groups excluding carboxylic acids is 2. The van der Waals surface area contributed by atoms with E-state index in [1.165, 1.54) is 22.3 Å². The maximum absolute atomic E-state index is 13.3. The smallest absolute Gasteiger partial charge is 0.300 e. The molecule has 0 bridgehead atoms. The summed E-state index contributed by atoms with van der Waals surface area (Å²) < 4.78 is 5.50. The van der Waals surface area contributed by atoms with Crippen LogP contribution in [0.25, 0.3) is 5.76 Å². The molecule has 176 valence electrons. The topological polar surface area (TPSA) is 87.1 Å². The summed E-state index contributed by atoms with van der Waals surface area (Å²) in [6, 6.07) is 12.8. The van der Waals surface area contributed by atoms with Gasteiger partial charge in [0.2, 0.25) is 0 Å². The third-order valence-corrected chi connectivity index (χ3v) is 6.85. The molecule has 34 heavy (non-hydrogen) atoms. The first-order valence-electron chi connectivity index (χ1n) is 10.9. The summed E-state index contributed by atoms with van der Waals surface area (Å²) >= 11 is 1.37. The lowest BCUT2D eigenvalue weighted by Gasteiger charge is -2.25. The second-order valence-corrected chi connectivity index (χ2v) is 10.3. The average Bonchev–Trinajstić information content (AvgIpc) is 3.41. The van der Waals surface area contributed by atoms with Crippen LogP contribution in [0.1, 0.15) is 48.4 Å². The largest absolute Gasteiger partial charge is 0.507 e. The molecule has 7 heteroatoms. The van der Waals surface area contributed by atoms with E-state index in [2.05, 4.69) is 0 Å². The van der Waals surface area contributed by atoms with Gasteiger partial charge >= 0.3 is 0 Å². The van der Waals surface area contributed by atoms with Crippen LogP contribution in [0.15, 0.2) is 59.5 Å². The monoisotopic (exact) mass is 477 g/mol. The van der Waals surface area contributed by atoms with Crippen molar-refractivity contribution in [2.45, 2.75) is 39.2 Å². The third-order valence-electron chi connectivity index (χ3n) is 5.93. The maximum Gasteiger partial charge on any atom is 0.300 e. The van der Waals surface area contributed by atoms with E-state index in [0.717, 1.165) is 11.1 Å². The minimum atomic E-state index is -0.868. The number of rotatable bonds is 4. The van der Waals surface area contributed by atoms with Crippen molar-refractivity contribution in [3.63, 3.8) is 0 Å². The molecule has 1 aliphatic rings. The molecule has 2 N–H and O–H groups in total. The fraction of sp³-hybridized carbons (Fsp3) is 0.259. The Kier molecular flexibility index (Phi) is 6.00. The van der Waals surface area contributed by atoms with Crippen LogP contribution in [0.3, 0.4) is 0 Å². The summed E-state index contributed by atoms with van der Waals surface area (Å²) in [7, 11) is 1.58. The molecule has 3 aromatic rings. The summed E-state index contributed by atoms with van der Waals surface area (Å²) in [5.41, 5.74) is 2.03. The molecule has 4 rings (SSSR count). The van der Waals surface area contributed by atoms with Crippen LogP contribution in [0.5, 0.6) is 11.5 Å². The van der Waals surface area contributed by atoms with Crippen LogP contribution in [0.2, 0.25) is 0 Å². The van der Waals surface area contributed by atoms with E-state index in [0.29, 0.717) is 16.2 Å². The minimum Gasteiger partial charge on any atom is -0.507 e. The van der Waals surface area contributed by atoms with Gasteiger partial charge in [-0.3, -0.25) is 14.5 Å². The Morgan fingerprint density at radius 3 is 2.44 bits per heavy atom. The van der Waals surface area contributed by atoms with Gasteiger partial charge in [-0.25, -0.2) is 0 Å². The number of nitrogens with zero attached hydrogens (tertiary/aromatic N) is 1. The molecule has 1 unspecified atom stereocenters. The van der Waals surface area contributed by atoms with Gasteiger partial charge in [0.25, 0.3) is 11.7 Å². The van der Waals surface area contributed by atoms with Crippen molar-refractivity contribution in [2.75, 3.05) is 12.0 Å². The van der Waals surface area contributed by atoms with Crippen molar-refractivity contribution in [1.82, 2.24) is 0 Å². The van der Waals surface area contributed by atoms with Crippen LogP contribution in [-0.2, 0) is 15.0 Å². The molecular formula is C27H27NO5S. The fourth-order valence-electron chi connectivity index (χ4n) is 4.22. The number of phenolic OH excluding ortho intramolecular Hbond substituents is 1. The molecule has 1 aromatic heterocycles. The number of phenols is 1. The Morgan fingerprint density at radius 2 is 1.82 bits per heavy atom. The lowest BCUT2D eigenvalue weighted by molar-refractivity contribution is -0.132. The van der Waals surface area contributed by atoms with E-state index < -0.39 is 17.7 Å². The number of carbonyl (C=O) groups is 2. The number of anilines is 1. The maximum atomic E-state index is 13.3. The molecule has 6 nitrogen and oxygen atoms in total. The van der Waals surface area contributed by atoms with Gasteiger partial charge in [0.15, 0.2) is 0 Å². The van der Waals surface area contributed by atoms with E-state index in [9.17, 15) is 19.8 Å². The van der Waals surface area contributed by atoms with Crippen LogP contribution >= 0.6 is 11.3 Å². The Bertz CT molecular complexity index is 1300. The Morgan fingerprint density at radius 1 is 1.09 bits per heavy atom. The second-order valence-electron chi connectivity index (χ2n) is 9.34. The minimum absolute atomic E-state index is 0.0154. The molecule has 0 aliphatic carbocycles. The highest BCUT2D eigenvalue weighted by atomic mass is 32.1. The van der Waals surface area contributed by atoms with Crippen molar-refractivity contribution >= 4 is 34.5 Å². The lowest BCUT2D eigenvalue weighted by atomic mass is 9.84. The number of Topliss-reactive ketones (excluding diaryl/α,β-unsaturated/α-hetero) is 1. The Hall–Kier alpha value is -3.58. The van der Waals surface area contributed by atoms with E-state index in [-0.39, 0.29) is 28.2 Å². The van der Waals surface area contributed by atoms with E-state index in [4.69, 9.17) is 4.74 Å². The van der Waals surface area contributed by atoms with Gasteiger partial charge in [-0.2, -0.15) is 0 Å². The SMILES string of the molecule is COc1ccc(/C(O)=C2/C(=O)C(=O)N(c3cc(C)ccc3O)C2c2cccs2)cc1C(C)(C)C. The van der Waals surface area contributed by atoms with Gasteiger partial charge in [0.1, 0.15) is 23.3 Å². The number of hydrogen-bond acceptors (Lipinski definition) is 6. The molecule has 0 saturated carbocycles. The first-order chi connectivity index (χ1) is 16.0. The number of hydrogen-bond donors (Lipinski definition) is 2. The summed E-state index contributed by atoms with van der Waals surface area (Å²) in [5.74, 6) is -1.31. The molecule has 2 heterocycles. The normalized spacial score (nSPS) is 17.9. The molecule has 1 atom stereocenters. The van der Waals surface area contributed by atoms with E-state index in [1.807, 2.05) is 45.2 Å². The quantitative estimate of drug-likeness (QED) is 0.286. The second kappa shape index (κ2) is 8.65. The van der Waals surface area contributed by atoms with E-state index in [1.54, 1.807) is 37.4 Å². The van der Waals surface area contributed by atoms with Gasteiger partial charge in [0, 0.05) is 16.0 Å². The van der Waals surface area contributed by atoms with Crippen molar-refractivity contribution in [3.8, 4) is 11.5 Å². The van der Waals surface area contributed by atoms with Crippen LogP contribution in [0, 0.1) is 6.92 Å². The van der Waals surface area contributed by atoms with Crippen molar-refractivity contribution in [3.05, 3.63) is 81.1 Å². The lowest BCUT2D eigenvalue weighted by Crippen LogP contribution is -2.29. The third kappa shape index (κ3) is 3.96. The number of methoxy groups -OCH3 is 1. The van der Waals surface area contributed by atoms with Crippen LogP contribution in [-0.4, -0.2) is 29.0 Å². The summed E-state index contributed by atoms with van der Waals surface area (Å²) in [4.78, 5) is 28.5. The predicted molar refractivity (Wildman–Crippen MR) is 134 cm³/mol. The summed E-state index contributed by atoms with van der Waals surface area (Å²) in [6.45, 7) is 7.92. The summed E-state index contributed by atoms with van der Waals surface area (Å²) in [6.07, 6.45) is 0. The number of ketones is 1. The molecular weight excluding hydrogens is 450 g/mol. The number of amides is 1. The number of thiophene rings is 1. The highest BCUT2D eigenvalue weighted by Crippen LogP contribution is 2.46. The molecule has 1 amide bonds. The molecule has 1 saturated heterocycles. The first-order valence-corrected chi connectivity index (χ1v) is 11.8. The molecule has 1 aliphatic heterocycles. The van der Waals surface area contributed by atoms with Gasteiger partial charge in [0.05, 0.1) is 18.4 Å². The summed E-state index contributed by atoms with van der Waals surface area (Å²) in [5, 5.41) is 23.8. The van der Waals surface area contributed by atoms with Crippen LogP contribution in [0.4, 0.5) is 5.69 Å². The van der Waals surface area contributed by atoms with Gasteiger partial charge in [-0.1, -0.05) is 32.9 Å². The number of aliphatic hydroxyl groups excluding tert-OH is 1. The Labute approximate surface area is 202 Å². The van der Waals surface area contributed by atoms with Crippen molar-refractivity contribution in [1.29, 1.82) is 0 Å². The molecule has 0 spiro atoms. The van der Waals surface area contributed by atoms with E-state index >= 15 is 0 Å². The molecule has 2 aromatic carbocycles. The van der Waals surface area contributed by atoms with Gasteiger partial charge < -0.3 is 14.9 Å². The zero-order valence-corrected chi connectivity index (χ0v) is 20.6. The highest BCUT2D eigenvalue weighted by Gasteiger charge is 2.48. The standard InChI is InChI=1S/C27H27NO5S/c1-15-8-10-19(29)18(13-15)28-23(21-7-6-12-34-21)22(25(31)26(28)32)24(30)16-9-11-20(33-5)17(14-16)27(2,3)4/h6-14,23,29-30H,1-5H3/b24-22-. The number of aryl methyl sites for hydroxylation is 1. The van der Waals surface area contributed by atoms with Crippen molar-refractivity contribution < 1.29 is 24.5 Å². The fourth-order valence-corrected chi connectivity index (χ4v) is 5.04. The number of ether oxygens (including phenoxy) is 1. The zero-order chi connectivity index (χ0) is 24.8. The average molecular weight is 478 g/mol. The first kappa shape index (κ1) is 23.6.